The van der Waals surface area contributed by atoms with Crippen LogP contribution in [0.2, 0.25) is 0 Å². The van der Waals surface area contributed by atoms with E-state index in [1.54, 1.807) is 7.11 Å². The molecular weight excluding hydrogens is 354 g/mol. The number of nitrogens with one attached hydrogen (secondary N) is 2. The van der Waals surface area contributed by atoms with Gasteiger partial charge in [-0.15, -0.1) is 0 Å². The summed E-state index contributed by atoms with van der Waals surface area (Å²) in [6.07, 6.45) is 3.38. The van der Waals surface area contributed by atoms with Gasteiger partial charge in [0.25, 0.3) is 0 Å². The zero-order valence-corrected chi connectivity index (χ0v) is 16.2. The van der Waals surface area contributed by atoms with Crippen molar-refractivity contribution in [1.29, 1.82) is 0 Å². The molecular formula is C22H27N3O3. The van der Waals surface area contributed by atoms with Gasteiger partial charge >= 0.3 is 6.03 Å². The topological polar surface area (TPSA) is 62.8 Å². The first-order valence-corrected chi connectivity index (χ1v) is 9.86. The first-order valence-electron chi connectivity index (χ1n) is 9.86. The molecule has 2 heterocycles. The van der Waals surface area contributed by atoms with Crippen molar-refractivity contribution in [3.8, 4) is 17.2 Å². The molecule has 0 saturated carbocycles. The van der Waals surface area contributed by atoms with Crippen LogP contribution in [-0.2, 0) is 0 Å². The van der Waals surface area contributed by atoms with Gasteiger partial charge in [0.05, 0.1) is 12.8 Å². The average molecular weight is 381 g/mol. The van der Waals surface area contributed by atoms with Gasteiger partial charge in [0.2, 0.25) is 0 Å². The maximum absolute atomic E-state index is 12.9. The van der Waals surface area contributed by atoms with Crippen molar-refractivity contribution in [2.45, 2.75) is 19.3 Å². The van der Waals surface area contributed by atoms with Crippen molar-refractivity contribution in [2.75, 3.05) is 38.6 Å². The van der Waals surface area contributed by atoms with Crippen LogP contribution >= 0.6 is 0 Å². The molecule has 2 aliphatic heterocycles. The van der Waals surface area contributed by atoms with Crippen LogP contribution in [0.4, 0.5) is 10.5 Å². The van der Waals surface area contributed by atoms with E-state index in [-0.39, 0.29) is 11.4 Å². The highest BCUT2D eigenvalue weighted by Gasteiger charge is 2.39. The smallest absolute Gasteiger partial charge is 0.321 e. The third-order valence-electron chi connectivity index (χ3n) is 5.70. The standard InChI is InChI=1S/C22H27N3O3/c1-27-19-9-4-5-10-20(19)28-18-8-3-2-7-17(18)24-21(26)25-14-6-11-22(16-25)12-13-23-15-22/h2-5,7-10,23H,6,11-16H2,1H3,(H,24,26). The molecule has 2 saturated heterocycles. The van der Waals surface area contributed by atoms with Gasteiger partial charge in [-0.1, -0.05) is 24.3 Å². The number of ether oxygens (including phenoxy) is 2. The fraction of sp³-hybridized carbons (Fsp3) is 0.409. The molecule has 0 radical (unpaired) electrons. The van der Waals surface area contributed by atoms with E-state index in [2.05, 4.69) is 10.6 Å². The van der Waals surface area contributed by atoms with Crippen LogP contribution in [0.25, 0.3) is 0 Å². The molecule has 4 rings (SSSR count). The third kappa shape index (κ3) is 3.92. The number of methoxy groups -OCH3 is 1. The van der Waals surface area contributed by atoms with Crippen molar-refractivity contribution >= 4 is 11.7 Å². The highest BCUT2D eigenvalue weighted by molar-refractivity contribution is 5.91. The molecule has 2 N–H and O–H groups in total. The number of hydrogen-bond acceptors (Lipinski definition) is 4. The first kappa shape index (κ1) is 18.6. The predicted molar refractivity (Wildman–Crippen MR) is 109 cm³/mol. The summed E-state index contributed by atoms with van der Waals surface area (Å²) in [5.41, 5.74) is 0.894. The molecule has 2 aromatic rings. The minimum atomic E-state index is -0.0675. The van der Waals surface area contributed by atoms with E-state index in [9.17, 15) is 4.79 Å². The van der Waals surface area contributed by atoms with Crippen LogP contribution in [0.3, 0.4) is 0 Å². The highest BCUT2D eigenvalue weighted by atomic mass is 16.5. The largest absolute Gasteiger partial charge is 0.493 e. The Kier molecular flexibility index (Phi) is 5.39. The lowest BCUT2D eigenvalue weighted by molar-refractivity contribution is 0.125. The van der Waals surface area contributed by atoms with E-state index in [1.807, 2.05) is 53.4 Å². The SMILES string of the molecule is COc1ccccc1Oc1ccccc1NC(=O)N1CCCC2(CCNC2)C1. The van der Waals surface area contributed by atoms with Gasteiger partial charge in [-0.3, -0.25) is 0 Å². The Bertz CT molecular complexity index is 833. The summed E-state index contributed by atoms with van der Waals surface area (Å²) in [6.45, 7) is 3.65. The van der Waals surface area contributed by atoms with E-state index >= 15 is 0 Å². The fourth-order valence-electron chi connectivity index (χ4n) is 4.20. The number of amides is 2. The molecule has 0 bridgehead atoms. The van der Waals surface area contributed by atoms with Crippen LogP contribution in [-0.4, -0.2) is 44.2 Å². The van der Waals surface area contributed by atoms with Crippen molar-refractivity contribution in [3.63, 3.8) is 0 Å². The van der Waals surface area contributed by atoms with Gasteiger partial charge in [-0.05, 0) is 50.1 Å². The van der Waals surface area contributed by atoms with Gasteiger partial charge in [0.1, 0.15) is 0 Å². The maximum Gasteiger partial charge on any atom is 0.321 e. The Hall–Kier alpha value is -2.73. The zero-order valence-electron chi connectivity index (χ0n) is 16.2. The van der Waals surface area contributed by atoms with Crippen LogP contribution in [0.1, 0.15) is 19.3 Å². The fourth-order valence-corrected chi connectivity index (χ4v) is 4.20. The second-order valence-electron chi connectivity index (χ2n) is 7.63. The lowest BCUT2D eigenvalue weighted by Crippen LogP contribution is -2.48. The van der Waals surface area contributed by atoms with Crippen molar-refractivity contribution in [2.24, 2.45) is 5.41 Å². The number of carbonyl (C=O) groups is 1. The van der Waals surface area contributed by atoms with Gasteiger partial charge in [-0.2, -0.15) is 0 Å². The number of hydrogen-bond donors (Lipinski definition) is 2. The summed E-state index contributed by atoms with van der Waals surface area (Å²) < 4.78 is 11.4. The molecule has 6 heteroatoms. The lowest BCUT2D eigenvalue weighted by atomic mass is 9.79. The number of likely N-dealkylation sites (tertiary alicyclic amines) is 1. The van der Waals surface area contributed by atoms with Crippen molar-refractivity contribution in [3.05, 3.63) is 48.5 Å². The summed E-state index contributed by atoms with van der Waals surface area (Å²) >= 11 is 0. The van der Waals surface area contributed by atoms with Crippen LogP contribution in [0.15, 0.2) is 48.5 Å². The molecule has 1 unspecified atom stereocenters. The van der Waals surface area contributed by atoms with E-state index in [0.717, 1.165) is 39.0 Å². The van der Waals surface area contributed by atoms with E-state index in [1.165, 1.54) is 6.42 Å². The molecule has 0 aliphatic carbocycles. The van der Waals surface area contributed by atoms with E-state index < -0.39 is 0 Å². The molecule has 2 aromatic carbocycles. The van der Waals surface area contributed by atoms with Crippen LogP contribution in [0, 0.1) is 5.41 Å². The van der Waals surface area contributed by atoms with Crippen molar-refractivity contribution in [1.82, 2.24) is 10.2 Å². The summed E-state index contributed by atoms with van der Waals surface area (Å²) in [7, 11) is 1.61. The van der Waals surface area contributed by atoms with E-state index in [4.69, 9.17) is 9.47 Å². The maximum atomic E-state index is 12.9. The molecule has 1 spiro atoms. The normalized spacial score (nSPS) is 21.5. The number of para-hydroxylation sites is 4. The molecule has 6 nitrogen and oxygen atoms in total. The number of rotatable bonds is 4. The number of piperidine rings is 1. The molecule has 1 atom stereocenters. The molecule has 28 heavy (non-hydrogen) atoms. The number of urea groups is 1. The van der Waals surface area contributed by atoms with Gasteiger partial charge in [0, 0.05) is 25.0 Å². The predicted octanol–water partition coefficient (Wildman–Crippen LogP) is 4.09. The number of benzene rings is 2. The summed E-state index contributed by atoms with van der Waals surface area (Å²) in [5.74, 6) is 1.85. The van der Waals surface area contributed by atoms with E-state index in [0.29, 0.717) is 22.9 Å². The Morgan fingerprint density at radius 1 is 1.07 bits per heavy atom. The van der Waals surface area contributed by atoms with Crippen LogP contribution < -0.4 is 20.1 Å². The number of nitrogens with zero attached hydrogens (tertiary/aromatic N) is 1. The Morgan fingerprint density at radius 2 is 1.82 bits per heavy atom. The molecule has 2 aliphatic rings. The van der Waals surface area contributed by atoms with Gasteiger partial charge in [0.15, 0.2) is 17.2 Å². The molecule has 2 amide bonds. The van der Waals surface area contributed by atoms with Gasteiger partial charge < -0.3 is 25.0 Å². The molecule has 148 valence electrons. The quantitative estimate of drug-likeness (QED) is 0.837. The van der Waals surface area contributed by atoms with Crippen LogP contribution in [0.5, 0.6) is 17.2 Å². The second-order valence-corrected chi connectivity index (χ2v) is 7.63. The number of anilines is 1. The molecule has 2 fully saturated rings. The second kappa shape index (κ2) is 8.10. The highest BCUT2D eigenvalue weighted by Crippen LogP contribution is 2.37. The minimum Gasteiger partial charge on any atom is -0.493 e. The summed E-state index contributed by atoms with van der Waals surface area (Å²) in [4.78, 5) is 14.9. The lowest BCUT2D eigenvalue weighted by Gasteiger charge is -2.39. The Balaban J connectivity index is 1.48. The minimum absolute atomic E-state index is 0.0675. The number of carbonyl (C=O) groups excluding carboxylic acids is 1. The third-order valence-corrected chi connectivity index (χ3v) is 5.70. The Morgan fingerprint density at radius 3 is 2.57 bits per heavy atom. The average Bonchev–Trinajstić information content (AvgIpc) is 3.17. The Labute approximate surface area is 165 Å². The molecule has 0 aromatic heterocycles. The van der Waals surface area contributed by atoms with Gasteiger partial charge in [-0.25, -0.2) is 4.79 Å². The summed E-state index contributed by atoms with van der Waals surface area (Å²) in [6, 6.07) is 14.9. The first-order chi connectivity index (χ1) is 13.7. The zero-order chi connectivity index (χ0) is 19.4. The monoisotopic (exact) mass is 381 g/mol. The summed E-state index contributed by atoms with van der Waals surface area (Å²) in [5, 5.41) is 6.49. The van der Waals surface area contributed by atoms with Crippen molar-refractivity contribution < 1.29 is 14.3 Å².